The molecule has 1 aliphatic carbocycles. The van der Waals surface area contributed by atoms with Crippen molar-refractivity contribution in [2.45, 2.75) is 44.6 Å². The highest BCUT2D eigenvalue weighted by Gasteiger charge is 2.22. The first kappa shape index (κ1) is 17.3. The van der Waals surface area contributed by atoms with Crippen LogP contribution in [-0.2, 0) is 4.74 Å². The smallest absolute Gasteiger partial charge is 0.234 e. The molecule has 0 radical (unpaired) electrons. The Kier molecular flexibility index (Phi) is 5.30. The second-order valence-corrected chi connectivity index (χ2v) is 8.00. The summed E-state index contributed by atoms with van der Waals surface area (Å²) in [4.78, 5) is 2.26. The summed E-state index contributed by atoms with van der Waals surface area (Å²) in [6.07, 6.45) is 7.23. The van der Waals surface area contributed by atoms with Gasteiger partial charge in [0.1, 0.15) is 6.10 Å². The molecule has 2 aromatic rings. The molecule has 2 fully saturated rings. The van der Waals surface area contributed by atoms with Gasteiger partial charge in [-0.3, -0.25) is 0 Å². The highest BCUT2D eigenvalue weighted by atomic mass is 127. The van der Waals surface area contributed by atoms with Gasteiger partial charge in [0, 0.05) is 48.4 Å². The van der Waals surface area contributed by atoms with E-state index < -0.39 is 0 Å². The molecule has 9 heteroatoms. The van der Waals surface area contributed by atoms with Gasteiger partial charge in [0.2, 0.25) is 23.3 Å². The summed E-state index contributed by atoms with van der Waals surface area (Å²) in [5.41, 5.74) is 1.82. The van der Waals surface area contributed by atoms with Crippen LogP contribution in [-0.4, -0.2) is 53.7 Å². The van der Waals surface area contributed by atoms with Gasteiger partial charge in [0.15, 0.2) is 0 Å². The van der Waals surface area contributed by atoms with Crippen LogP contribution in [0.5, 0.6) is 5.88 Å². The van der Waals surface area contributed by atoms with Crippen molar-refractivity contribution in [2.75, 3.05) is 24.6 Å². The fourth-order valence-electron chi connectivity index (χ4n) is 3.75. The zero-order valence-electron chi connectivity index (χ0n) is 14.5. The van der Waals surface area contributed by atoms with Crippen molar-refractivity contribution in [1.82, 2.24) is 19.8 Å². The number of anilines is 1. The first-order valence-corrected chi connectivity index (χ1v) is 10.2. The Bertz CT molecular complexity index is 731. The number of aromatic nitrogens is 4. The molecule has 2 aliphatic rings. The summed E-state index contributed by atoms with van der Waals surface area (Å²) < 4.78 is 14.2. The fraction of sp³-hybridized carbons (Fsp3) is 0.688. The van der Waals surface area contributed by atoms with E-state index in [1.165, 1.54) is 12.8 Å². The SMILES string of the molecule is BN(CC1CCOCC1)c1cc(OC2CCCC2)nn2c(I)nnc12. The lowest BCUT2D eigenvalue weighted by molar-refractivity contribution is 0.0691. The lowest BCUT2D eigenvalue weighted by Gasteiger charge is -2.29. The van der Waals surface area contributed by atoms with Crippen molar-refractivity contribution in [3.63, 3.8) is 0 Å². The number of nitrogens with zero attached hydrogens (tertiary/aromatic N) is 5. The average Bonchev–Trinajstić information content (AvgIpc) is 3.26. The van der Waals surface area contributed by atoms with Gasteiger partial charge in [-0.25, -0.2) is 0 Å². The number of hydrogen-bond acceptors (Lipinski definition) is 6. The molecule has 3 heterocycles. The van der Waals surface area contributed by atoms with Crippen LogP contribution in [0.1, 0.15) is 38.5 Å². The summed E-state index contributed by atoms with van der Waals surface area (Å²) >= 11 is 2.17. The highest BCUT2D eigenvalue weighted by molar-refractivity contribution is 14.1. The normalized spacial score (nSPS) is 19.6. The van der Waals surface area contributed by atoms with Gasteiger partial charge in [0.05, 0.1) is 5.69 Å². The van der Waals surface area contributed by atoms with Crippen LogP contribution in [0.3, 0.4) is 0 Å². The predicted molar refractivity (Wildman–Crippen MR) is 106 cm³/mol. The first-order valence-electron chi connectivity index (χ1n) is 9.08. The van der Waals surface area contributed by atoms with Gasteiger partial charge >= 0.3 is 0 Å². The summed E-state index contributed by atoms with van der Waals surface area (Å²) in [6.45, 7) is 2.71. The number of hydrogen-bond donors (Lipinski definition) is 0. The van der Waals surface area contributed by atoms with E-state index in [0.717, 1.165) is 60.6 Å². The molecular formula is C16H23BIN5O2. The van der Waals surface area contributed by atoms with E-state index in [4.69, 9.17) is 9.47 Å². The zero-order valence-corrected chi connectivity index (χ0v) is 16.7. The second kappa shape index (κ2) is 7.65. The Morgan fingerprint density at radius 1 is 1.24 bits per heavy atom. The lowest BCUT2D eigenvalue weighted by Crippen LogP contribution is -2.31. The maximum atomic E-state index is 6.15. The summed E-state index contributed by atoms with van der Waals surface area (Å²) in [5.74, 6) is 1.32. The molecule has 1 saturated heterocycles. The van der Waals surface area contributed by atoms with Crippen LogP contribution in [0, 0.1) is 9.75 Å². The summed E-state index contributed by atoms with van der Waals surface area (Å²) in [6, 6.07) is 2.03. The standard InChI is InChI=1S/C16H23BIN5O2/c17-22(10-11-5-7-24-8-6-11)13-9-14(25-12-3-1-2-4-12)21-23-15(13)19-20-16(23)18/h9,11-12H,1-8,10,17H2. The van der Waals surface area contributed by atoms with Crippen LogP contribution in [0.15, 0.2) is 6.07 Å². The third kappa shape index (κ3) is 3.86. The molecule has 0 unspecified atom stereocenters. The van der Waals surface area contributed by atoms with Gasteiger partial charge in [-0.05, 0) is 44.4 Å². The van der Waals surface area contributed by atoms with Crippen LogP contribution in [0.2, 0.25) is 0 Å². The number of fused-ring (bicyclic) bond motifs is 1. The zero-order chi connectivity index (χ0) is 17.2. The van der Waals surface area contributed by atoms with Gasteiger partial charge < -0.3 is 14.3 Å². The van der Waals surface area contributed by atoms with Crippen LogP contribution in [0.25, 0.3) is 5.65 Å². The van der Waals surface area contributed by atoms with Crippen LogP contribution >= 0.6 is 22.6 Å². The Hall–Kier alpha value is -1.10. The maximum absolute atomic E-state index is 6.15. The molecule has 0 atom stereocenters. The van der Waals surface area contributed by atoms with Crippen molar-refractivity contribution in [1.29, 1.82) is 0 Å². The van der Waals surface area contributed by atoms with Gasteiger partial charge in [-0.1, -0.05) is 0 Å². The van der Waals surface area contributed by atoms with Crippen molar-refractivity contribution in [3.05, 3.63) is 9.90 Å². The van der Waals surface area contributed by atoms with Crippen LogP contribution < -0.4 is 9.55 Å². The first-order chi connectivity index (χ1) is 12.2. The van der Waals surface area contributed by atoms with E-state index in [2.05, 4.69) is 50.7 Å². The molecule has 2 aromatic heterocycles. The third-order valence-corrected chi connectivity index (χ3v) is 5.84. The molecule has 0 N–H and O–H groups in total. The molecule has 0 spiro atoms. The van der Waals surface area contributed by atoms with Gasteiger partial charge in [-0.2, -0.15) is 4.52 Å². The molecule has 1 saturated carbocycles. The van der Waals surface area contributed by atoms with Crippen molar-refractivity contribution in [3.8, 4) is 5.88 Å². The van der Waals surface area contributed by atoms with Crippen molar-refractivity contribution in [2.24, 2.45) is 5.92 Å². The van der Waals surface area contributed by atoms with E-state index in [1.54, 1.807) is 4.52 Å². The highest BCUT2D eigenvalue weighted by Crippen LogP contribution is 2.29. The monoisotopic (exact) mass is 455 g/mol. The van der Waals surface area contributed by atoms with E-state index in [9.17, 15) is 0 Å². The van der Waals surface area contributed by atoms with E-state index in [0.29, 0.717) is 11.8 Å². The van der Waals surface area contributed by atoms with E-state index in [1.807, 2.05) is 6.07 Å². The van der Waals surface area contributed by atoms with Crippen molar-refractivity contribution < 1.29 is 9.47 Å². The molecular weight excluding hydrogens is 432 g/mol. The van der Waals surface area contributed by atoms with Crippen molar-refractivity contribution >= 4 is 41.9 Å². The predicted octanol–water partition coefficient (Wildman–Crippen LogP) is 1.83. The molecule has 0 bridgehead atoms. The maximum Gasteiger partial charge on any atom is 0.234 e. The number of rotatable bonds is 5. The quantitative estimate of drug-likeness (QED) is 0.507. The van der Waals surface area contributed by atoms with E-state index >= 15 is 0 Å². The number of halogens is 1. The second-order valence-electron chi connectivity index (χ2n) is 7.03. The average molecular weight is 455 g/mol. The number of ether oxygens (including phenoxy) is 2. The molecule has 0 amide bonds. The summed E-state index contributed by atoms with van der Waals surface area (Å²) in [7, 11) is 2.12. The molecule has 4 rings (SSSR count). The summed E-state index contributed by atoms with van der Waals surface area (Å²) in [5, 5.41) is 13.1. The lowest BCUT2D eigenvalue weighted by atomic mass is 9.98. The largest absolute Gasteiger partial charge is 0.473 e. The third-order valence-electron chi connectivity index (χ3n) is 5.16. The van der Waals surface area contributed by atoms with Crippen LogP contribution in [0.4, 0.5) is 5.69 Å². The van der Waals surface area contributed by atoms with Gasteiger partial charge in [-0.15, -0.1) is 15.3 Å². The topological polar surface area (TPSA) is 64.8 Å². The Morgan fingerprint density at radius 3 is 2.76 bits per heavy atom. The molecule has 0 aromatic carbocycles. The fourth-order valence-corrected chi connectivity index (χ4v) is 4.19. The molecule has 7 nitrogen and oxygen atoms in total. The Labute approximate surface area is 162 Å². The Balaban J connectivity index is 1.60. The van der Waals surface area contributed by atoms with E-state index in [-0.39, 0.29) is 6.10 Å². The minimum Gasteiger partial charge on any atom is -0.473 e. The van der Waals surface area contributed by atoms with Gasteiger partial charge in [0.25, 0.3) is 0 Å². The molecule has 134 valence electrons. The minimum atomic E-state index is 0.285. The molecule has 25 heavy (non-hydrogen) atoms. The Morgan fingerprint density at radius 2 is 2.00 bits per heavy atom. The minimum absolute atomic E-state index is 0.285. The molecule has 1 aliphatic heterocycles.